The fourth-order valence-corrected chi connectivity index (χ4v) is 5.63. The van der Waals surface area contributed by atoms with Crippen LogP contribution >= 0.6 is 0 Å². The molecular formula is C20H24N2O2S. The van der Waals surface area contributed by atoms with E-state index in [0.29, 0.717) is 18.0 Å². The number of benzene rings is 2. The number of hydrogen-bond donors (Lipinski definition) is 0. The third-order valence-electron chi connectivity index (χ3n) is 5.40. The molecule has 0 spiro atoms. The van der Waals surface area contributed by atoms with Crippen molar-refractivity contribution in [2.75, 3.05) is 26.7 Å². The summed E-state index contributed by atoms with van der Waals surface area (Å²) in [5.41, 5.74) is 3.56. The molecule has 0 radical (unpaired) electrons. The summed E-state index contributed by atoms with van der Waals surface area (Å²) in [5.74, 6) is 0. The molecule has 0 amide bonds. The van der Waals surface area contributed by atoms with Gasteiger partial charge < -0.3 is 4.90 Å². The van der Waals surface area contributed by atoms with Gasteiger partial charge in [0.05, 0.1) is 10.9 Å². The second-order valence-corrected chi connectivity index (χ2v) is 8.98. The molecule has 25 heavy (non-hydrogen) atoms. The van der Waals surface area contributed by atoms with Crippen molar-refractivity contribution in [2.24, 2.45) is 0 Å². The van der Waals surface area contributed by atoms with Crippen molar-refractivity contribution in [3.63, 3.8) is 0 Å². The average Bonchev–Trinajstić information content (AvgIpc) is 3.10. The number of likely N-dealkylation sites (N-methyl/N-ethyl adjacent to an activating group) is 1. The van der Waals surface area contributed by atoms with E-state index in [4.69, 9.17) is 0 Å². The third-order valence-corrected chi connectivity index (χ3v) is 7.30. The SMILES string of the molecule is CN1CCN(S(=O)(=O)c2ccc3c(c2)CCC3)C(c2ccccc2)C1. The van der Waals surface area contributed by atoms with Gasteiger partial charge in [-0.15, -0.1) is 0 Å². The van der Waals surface area contributed by atoms with Crippen molar-refractivity contribution in [3.8, 4) is 0 Å². The smallest absolute Gasteiger partial charge is 0.243 e. The number of hydrogen-bond acceptors (Lipinski definition) is 3. The van der Waals surface area contributed by atoms with Gasteiger partial charge in [-0.25, -0.2) is 8.42 Å². The van der Waals surface area contributed by atoms with E-state index in [1.807, 2.05) is 42.5 Å². The van der Waals surface area contributed by atoms with Crippen LogP contribution in [0.4, 0.5) is 0 Å². The van der Waals surface area contributed by atoms with Crippen molar-refractivity contribution in [1.82, 2.24) is 9.21 Å². The maximum Gasteiger partial charge on any atom is 0.243 e. The van der Waals surface area contributed by atoms with Crippen LogP contribution in [0.1, 0.15) is 29.2 Å². The predicted octanol–water partition coefficient (Wildman–Crippen LogP) is 2.85. The summed E-state index contributed by atoms with van der Waals surface area (Å²) >= 11 is 0. The lowest BCUT2D eigenvalue weighted by Crippen LogP contribution is -2.49. The van der Waals surface area contributed by atoms with E-state index in [2.05, 4.69) is 11.9 Å². The molecule has 1 unspecified atom stereocenters. The van der Waals surface area contributed by atoms with Crippen LogP contribution in [0.5, 0.6) is 0 Å². The van der Waals surface area contributed by atoms with E-state index < -0.39 is 10.0 Å². The Morgan fingerprint density at radius 2 is 1.72 bits per heavy atom. The Labute approximate surface area is 150 Å². The van der Waals surface area contributed by atoms with Gasteiger partial charge in [-0.2, -0.15) is 4.31 Å². The number of aryl methyl sites for hydroxylation is 2. The number of nitrogens with zero attached hydrogens (tertiary/aromatic N) is 2. The number of fused-ring (bicyclic) bond motifs is 1. The molecule has 1 atom stereocenters. The number of rotatable bonds is 3. The van der Waals surface area contributed by atoms with Crippen LogP contribution in [0.25, 0.3) is 0 Å². The van der Waals surface area contributed by atoms with Gasteiger partial charge in [0, 0.05) is 19.6 Å². The zero-order chi connectivity index (χ0) is 17.4. The van der Waals surface area contributed by atoms with Crippen molar-refractivity contribution < 1.29 is 8.42 Å². The second-order valence-electron chi connectivity index (χ2n) is 7.09. The van der Waals surface area contributed by atoms with Gasteiger partial charge in [0.2, 0.25) is 10.0 Å². The normalized spacial score (nSPS) is 22.0. The van der Waals surface area contributed by atoms with Crippen LogP contribution in [0.2, 0.25) is 0 Å². The van der Waals surface area contributed by atoms with Crippen LogP contribution < -0.4 is 0 Å². The van der Waals surface area contributed by atoms with Gasteiger partial charge in [0.25, 0.3) is 0 Å². The Balaban J connectivity index is 1.72. The molecule has 132 valence electrons. The van der Waals surface area contributed by atoms with Crippen LogP contribution in [-0.4, -0.2) is 44.3 Å². The third kappa shape index (κ3) is 3.12. The van der Waals surface area contributed by atoms with Crippen LogP contribution in [0.15, 0.2) is 53.4 Å². The summed E-state index contributed by atoms with van der Waals surface area (Å²) in [7, 11) is -1.45. The quantitative estimate of drug-likeness (QED) is 0.849. The number of sulfonamides is 1. The Bertz CT molecular complexity index is 865. The molecule has 0 saturated carbocycles. The van der Waals surface area contributed by atoms with Gasteiger partial charge in [0.15, 0.2) is 0 Å². The fourth-order valence-electron chi connectivity index (χ4n) is 3.98. The minimum atomic E-state index is -3.50. The first-order chi connectivity index (χ1) is 12.1. The largest absolute Gasteiger partial charge is 0.303 e. The van der Waals surface area contributed by atoms with Crippen molar-refractivity contribution in [3.05, 3.63) is 65.2 Å². The van der Waals surface area contributed by atoms with Gasteiger partial charge in [0.1, 0.15) is 0 Å². The molecule has 0 aromatic heterocycles. The standard InChI is InChI=1S/C20H24N2O2S/c1-21-12-13-22(20(15-21)17-6-3-2-4-7-17)25(23,24)19-11-10-16-8-5-9-18(16)14-19/h2-4,6-7,10-11,14,20H,5,8-9,12-13,15H2,1H3. The first-order valence-corrected chi connectivity index (χ1v) is 10.4. The van der Waals surface area contributed by atoms with Crippen molar-refractivity contribution >= 4 is 10.0 Å². The summed E-state index contributed by atoms with van der Waals surface area (Å²) in [6, 6.07) is 15.5. The highest BCUT2D eigenvalue weighted by Gasteiger charge is 2.36. The maximum atomic E-state index is 13.4. The van der Waals surface area contributed by atoms with Gasteiger partial charge in [-0.1, -0.05) is 36.4 Å². The maximum absolute atomic E-state index is 13.4. The first-order valence-electron chi connectivity index (χ1n) is 8.93. The molecule has 5 heteroatoms. The van der Waals surface area contributed by atoms with Crippen molar-refractivity contribution in [2.45, 2.75) is 30.2 Å². The van der Waals surface area contributed by atoms with Crippen LogP contribution in [0, 0.1) is 0 Å². The van der Waals surface area contributed by atoms with Crippen LogP contribution in [0.3, 0.4) is 0 Å². The molecule has 0 bridgehead atoms. The highest BCUT2D eigenvalue weighted by molar-refractivity contribution is 7.89. The zero-order valence-electron chi connectivity index (χ0n) is 14.6. The van der Waals surface area contributed by atoms with E-state index >= 15 is 0 Å². The summed E-state index contributed by atoms with van der Waals surface area (Å²) in [6.45, 7) is 2.00. The molecule has 4 nitrogen and oxygen atoms in total. The lowest BCUT2D eigenvalue weighted by molar-refractivity contribution is 0.160. The molecule has 1 aliphatic carbocycles. The van der Waals surface area contributed by atoms with E-state index in [1.165, 1.54) is 11.1 Å². The molecule has 2 aromatic carbocycles. The van der Waals surface area contributed by atoms with E-state index in [0.717, 1.165) is 31.4 Å². The second kappa shape index (κ2) is 6.56. The zero-order valence-corrected chi connectivity index (χ0v) is 15.4. The Hall–Kier alpha value is -1.69. The monoisotopic (exact) mass is 356 g/mol. The molecule has 1 fully saturated rings. The molecule has 1 aliphatic heterocycles. The molecule has 2 aromatic rings. The topological polar surface area (TPSA) is 40.6 Å². The first kappa shape index (κ1) is 16.8. The Kier molecular flexibility index (Phi) is 4.40. The lowest BCUT2D eigenvalue weighted by atomic mass is 10.1. The van der Waals surface area contributed by atoms with E-state index in [1.54, 1.807) is 10.4 Å². The van der Waals surface area contributed by atoms with Gasteiger partial charge >= 0.3 is 0 Å². The summed E-state index contributed by atoms with van der Waals surface area (Å²) in [6.07, 6.45) is 3.18. The summed E-state index contributed by atoms with van der Waals surface area (Å²) < 4.78 is 28.5. The van der Waals surface area contributed by atoms with Crippen LogP contribution in [-0.2, 0) is 22.9 Å². The molecular weight excluding hydrogens is 332 g/mol. The summed E-state index contributed by atoms with van der Waals surface area (Å²) in [4.78, 5) is 2.64. The Morgan fingerprint density at radius 1 is 0.960 bits per heavy atom. The average molecular weight is 356 g/mol. The Morgan fingerprint density at radius 3 is 2.52 bits per heavy atom. The molecule has 2 aliphatic rings. The molecule has 1 heterocycles. The molecule has 4 rings (SSSR count). The highest BCUT2D eigenvalue weighted by atomic mass is 32.2. The summed E-state index contributed by atoms with van der Waals surface area (Å²) in [5, 5.41) is 0. The molecule has 0 N–H and O–H groups in total. The van der Waals surface area contributed by atoms with E-state index in [9.17, 15) is 8.42 Å². The fraction of sp³-hybridized carbons (Fsp3) is 0.400. The minimum absolute atomic E-state index is 0.141. The van der Waals surface area contributed by atoms with Crippen molar-refractivity contribution in [1.29, 1.82) is 0 Å². The molecule has 1 saturated heterocycles. The van der Waals surface area contributed by atoms with Gasteiger partial charge in [-0.3, -0.25) is 0 Å². The number of piperazine rings is 1. The minimum Gasteiger partial charge on any atom is -0.303 e. The van der Waals surface area contributed by atoms with E-state index in [-0.39, 0.29) is 6.04 Å². The predicted molar refractivity (Wildman–Crippen MR) is 99.0 cm³/mol. The highest BCUT2D eigenvalue weighted by Crippen LogP contribution is 2.32. The lowest BCUT2D eigenvalue weighted by Gasteiger charge is -2.39. The van der Waals surface area contributed by atoms with Gasteiger partial charge in [-0.05, 0) is 55.1 Å².